The molecule has 190 valence electrons. The van der Waals surface area contributed by atoms with Crippen molar-refractivity contribution in [2.75, 3.05) is 6.26 Å². The first-order valence-corrected chi connectivity index (χ1v) is 13.6. The van der Waals surface area contributed by atoms with Crippen LogP contribution >= 0.6 is 11.6 Å². The van der Waals surface area contributed by atoms with E-state index >= 15 is 8.78 Å². The maximum atomic E-state index is 16.0. The zero-order chi connectivity index (χ0) is 26.6. The number of hydrogen-bond acceptors (Lipinski definition) is 6. The summed E-state index contributed by atoms with van der Waals surface area (Å²) < 4.78 is 56.2. The number of halogens is 3. The third-order valence-corrected chi connectivity index (χ3v) is 8.05. The summed E-state index contributed by atoms with van der Waals surface area (Å²) in [7, 11) is -3.90. The molecule has 37 heavy (non-hydrogen) atoms. The third kappa shape index (κ3) is 4.34. The summed E-state index contributed by atoms with van der Waals surface area (Å²) in [5.41, 5.74) is 0.771. The van der Waals surface area contributed by atoms with Crippen LogP contribution in [0.4, 0.5) is 8.78 Å². The smallest absolute Gasteiger partial charge is 0.274 e. The lowest BCUT2D eigenvalue weighted by atomic mass is 10.1. The van der Waals surface area contributed by atoms with Gasteiger partial charge in [0.25, 0.3) is 5.56 Å². The first-order valence-electron chi connectivity index (χ1n) is 11.3. The number of aromatic nitrogens is 4. The lowest BCUT2D eigenvalue weighted by molar-refractivity contribution is 0.569. The number of hydrogen-bond donors (Lipinski definition) is 0. The monoisotopic (exact) mass is 542 g/mol. The topological polar surface area (TPSA) is 94.8 Å². The molecule has 4 aromatic rings. The molecule has 1 fully saturated rings. The van der Waals surface area contributed by atoms with Crippen molar-refractivity contribution in [3.8, 4) is 16.9 Å². The van der Waals surface area contributed by atoms with Crippen molar-refractivity contribution >= 4 is 21.4 Å². The van der Waals surface area contributed by atoms with E-state index in [4.69, 9.17) is 11.6 Å². The van der Waals surface area contributed by atoms with E-state index in [0.29, 0.717) is 16.8 Å². The fourth-order valence-electron chi connectivity index (χ4n) is 4.68. The molecule has 1 aliphatic carbocycles. The van der Waals surface area contributed by atoms with Crippen LogP contribution in [-0.4, -0.2) is 34.2 Å². The summed E-state index contributed by atoms with van der Waals surface area (Å²) in [5, 5.41) is -0.0328. The van der Waals surface area contributed by atoms with Gasteiger partial charge in [0.15, 0.2) is 21.5 Å². The molecule has 2 atom stereocenters. The normalized spacial score (nSPS) is 17.1. The SMILES string of the molecule is Cc1cnc(-c2cccc(S(C)(=O)=O)c2F)c(F)c1-n1c(C)cc([C@H]2C[C@@H]2c2ccncn2)c(Cl)c1=O. The van der Waals surface area contributed by atoms with Crippen molar-refractivity contribution < 1.29 is 17.2 Å². The fourth-order valence-corrected chi connectivity index (χ4v) is 5.72. The van der Waals surface area contributed by atoms with Crippen LogP contribution in [0.5, 0.6) is 0 Å². The first-order chi connectivity index (χ1) is 17.5. The highest BCUT2D eigenvalue weighted by atomic mass is 35.5. The van der Waals surface area contributed by atoms with Gasteiger partial charge in [0.05, 0.1) is 5.69 Å². The maximum Gasteiger partial charge on any atom is 0.274 e. The highest BCUT2D eigenvalue weighted by Crippen LogP contribution is 2.55. The molecule has 0 aliphatic heterocycles. The molecule has 0 N–H and O–H groups in total. The van der Waals surface area contributed by atoms with Gasteiger partial charge in [0.1, 0.15) is 21.9 Å². The number of sulfone groups is 1. The summed E-state index contributed by atoms with van der Waals surface area (Å²) in [6.07, 6.45) is 6.06. The molecule has 3 heterocycles. The Morgan fingerprint density at radius 1 is 1.08 bits per heavy atom. The predicted molar refractivity (Wildman–Crippen MR) is 135 cm³/mol. The zero-order valence-electron chi connectivity index (χ0n) is 20.0. The Bertz CT molecular complexity index is 1730. The fraction of sp³-hybridized carbons (Fsp3) is 0.231. The molecular weight excluding hydrogens is 522 g/mol. The zero-order valence-corrected chi connectivity index (χ0v) is 21.6. The van der Waals surface area contributed by atoms with Gasteiger partial charge in [0, 0.05) is 41.5 Å². The Kier molecular flexibility index (Phi) is 6.19. The lowest BCUT2D eigenvalue weighted by Gasteiger charge is -2.18. The van der Waals surface area contributed by atoms with Gasteiger partial charge in [0.2, 0.25) is 0 Å². The summed E-state index contributed by atoms with van der Waals surface area (Å²) in [6, 6.07) is 7.21. The molecule has 0 unspecified atom stereocenters. The van der Waals surface area contributed by atoms with Gasteiger partial charge in [-0.05, 0) is 61.6 Å². The molecule has 7 nitrogen and oxygen atoms in total. The van der Waals surface area contributed by atoms with Crippen LogP contribution in [0.2, 0.25) is 5.02 Å². The quantitative estimate of drug-likeness (QED) is 0.355. The van der Waals surface area contributed by atoms with Crippen LogP contribution in [-0.2, 0) is 9.84 Å². The van der Waals surface area contributed by atoms with E-state index < -0.39 is 37.6 Å². The van der Waals surface area contributed by atoms with Crippen molar-refractivity contribution in [3.63, 3.8) is 0 Å². The van der Waals surface area contributed by atoms with Crippen LogP contribution < -0.4 is 5.56 Å². The van der Waals surface area contributed by atoms with E-state index in [-0.39, 0.29) is 28.1 Å². The minimum absolute atomic E-state index is 0.00442. The largest absolute Gasteiger partial charge is 0.277 e. The van der Waals surface area contributed by atoms with Gasteiger partial charge in [-0.1, -0.05) is 17.7 Å². The summed E-state index contributed by atoms with van der Waals surface area (Å²) >= 11 is 6.53. The van der Waals surface area contributed by atoms with Gasteiger partial charge in [-0.3, -0.25) is 14.3 Å². The van der Waals surface area contributed by atoms with Gasteiger partial charge < -0.3 is 0 Å². The molecule has 11 heteroatoms. The molecule has 1 saturated carbocycles. The van der Waals surface area contributed by atoms with Crippen molar-refractivity contribution in [2.24, 2.45) is 0 Å². The van der Waals surface area contributed by atoms with Crippen molar-refractivity contribution in [1.29, 1.82) is 0 Å². The number of pyridine rings is 2. The Labute approximate surface area is 216 Å². The van der Waals surface area contributed by atoms with Gasteiger partial charge in [-0.15, -0.1) is 0 Å². The summed E-state index contributed by atoms with van der Waals surface area (Å²) in [6.45, 7) is 3.23. The van der Waals surface area contributed by atoms with E-state index in [9.17, 15) is 13.2 Å². The third-order valence-electron chi connectivity index (χ3n) is 6.55. The summed E-state index contributed by atoms with van der Waals surface area (Å²) in [5.74, 6) is -1.99. The highest BCUT2D eigenvalue weighted by molar-refractivity contribution is 7.90. The molecular formula is C26H21ClF2N4O3S. The maximum absolute atomic E-state index is 16.0. The predicted octanol–water partition coefficient (Wildman–Crippen LogP) is 4.91. The van der Waals surface area contributed by atoms with E-state index in [1.165, 1.54) is 24.7 Å². The molecule has 0 bridgehead atoms. The van der Waals surface area contributed by atoms with Crippen LogP contribution in [0.1, 0.15) is 40.8 Å². The van der Waals surface area contributed by atoms with E-state index in [2.05, 4.69) is 15.0 Å². The molecule has 1 aliphatic rings. The minimum Gasteiger partial charge on any atom is -0.277 e. The van der Waals surface area contributed by atoms with Crippen molar-refractivity contribution in [3.05, 3.63) is 98.6 Å². The van der Waals surface area contributed by atoms with E-state index in [1.807, 2.05) is 6.07 Å². The van der Waals surface area contributed by atoms with Gasteiger partial charge in [-0.25, -0.2) is 27.2 Å². The lowest BCUT2D eigenvalue weighted by Crippen LogP contribution is -2.24. The second-order valence-corrected chi connectivity index (χ2v) is 11.5. The standard InChI is InChI=1S/C26H21ClF2N4O3S/c1-13-11-31-24(15-5-4-6-20(22(15)28)37(3,35)36)23(29)25(13)33-14(2)9-18(21(27)26(33)34)16-10-17(16)19-7-8-30-12-32-19/h4-9,11-12,16-17H,10H2,1-3H3/t16-,17-/m0/s1. The molecule has 0 spiro atoms. The number of rotatable bonds is 5. The van der Waals surface area contributed by atoms with Gasteiger partial charge >= 0.3 is 0 Å². The Morgan fingerprint density at radius 3 is 2.51 bits per heavy atom. The second-order valence-electron chi connectivity index (χ2n) is 9.12. The Hall–Kier alpha value is -3.50. The average molecular weight is 543 g/mol. The molecule has 1 aromatic carbocycles. The molecule has 0 saturated heterocycles. The molecule has 0 radical (unpaired) electrons. The average Bonchev–Trinajstić information content (AvgIpc) is 3.64. The second kappa shape index (κ2) is 9.11. The van der Waals surface area contributed by atoms with Crippen molar-refractivity contribution in [1.82, 2.24) is 19.5 Å². The van der Waals surface area contributed by atoms with Gasteiger partial charge in [-0.2, -0.15) is 0 Å². The Balaban J connectivity index is 1.63. The van der Waals surface area contributed by atoms with Crippen LogP contribution in [0.3, 0.4) is 0 Å². The van der Waals surface area contributed by atoms with Crippen molar-refractivity contribution in [2.45, 2.75) is 37.0 Å². The number of nitrogens with zero attached hydrogens (tertiary/aromatic N) is 4. The minimum atomic E-state index is -3.90. The number of aryl methyl sites for hydroxylation is 2. The Morgan fingerprint density at radius 2 is 1.84 bits per heavy atom. The van der Waals surface area contributed by atoms with Crippen LogP contribution in [0, 0.1) is 25.5 Å². The number of benzene rings is 1. The van der Waals surface area contributed by atoms with E-state index in [1.54, 1.807) is 26.1 Å². The first kappa shape index (κ1) is 25.2. The molecule has 0 amide bonds. The van der Waals surface area contributed by atoms with Crippen LogP contribution in [0.25, 0.3) is 16.9 Å². The molecule has 3 aromatic heterocycles. The summed E-state index contributed by atoms with van der Waals surface area (Å²) in [4.78, 5) is 25.1. The highest BCUT2D eigenvalue weighted by Gasteiger charge is 2.42. The van der Waals surface area contributed by atoms with E-state index in [0.717, 1.165) is 29.0 Å². The molecule has 5 rings (SSSR count). The van der Waals surface area contributed by atoms with Crippen LogP contribution in [0.15, 0.2) is 58.7 Å².